The van der Waals surface area contributed by atoms with Crippen LogP contribution in [-0.4, -0.2) is 78.9 Å². The highest BCUT2D eigenvalue weighted by Crippen LogP contribution is 2.35. The highest BCUT2D eigenvalue weighted by atomic mass is 19.1. The van der Waals surface area contributed by atoms with Gasteiger partial charge in [0.15, 0.2) is 6.10 Å². The molecule has 33 heavy (non-hydrogen) atoms. The molecule has 0 amide bonds. The lowest BCUT2D eigenvalue weighted by molar-refractivity contribution is -0.423. The van der Waals surface area contributed by atoms with Crippen LogP contribution in [0.5, 0.6) is 11.6 Å². The summed E-state index contributed by atoms with van der Waals surface area (Å²) < 4.78 is 32.4. The Labute approximate surface area is 190 Å². The Hall–Kier alpha value is -2.28. The molecule has 0 unspecified atom stereocenters. The molecule has 184 valence electrons. The topological polar surface area (TPSA) is 147 Å². The molecular weight excluding hydrogens is 439 g/mol. The minimum absolute atomic E-state index is 0.0346. The van der Waals surface area contributed by atoms with Crippen molar-refractivity contribution >= 4 is 0 Å². The van der Waals surface area contributed by atoms with Crippen LogP contribution in [0.15, 0.2) is 18.2 Å². The molecule has 1 saturated heterocycles. The van der Waals surface area contributed by atoms with E-state index in [-0.39, 0.29) is 18.3 Å². The lowest BCUT2D eigenvalue weighted by Crippen LogP contribution is -2.67. The summed E-state index contributed by atoms with van der Waals surface area (Å²) in [5.41, 5.74) is 1.36. The number of benzene rings is 1. The largest absolute Gasteiger partial charge is 0.494 e. The Kier molecular flexibility index (Phi) is 7.62. The van der Waals surface area contributed by atoms with Gasteiger partial charge in [0.05, 0.1) is 13.2 Å². The normalized spacial score (nSPS) is 27.7. The first kappa shape index (κ1) is 25.3. The molecule has 1 fully saturated rings. The first-order valence-electron chi connectivity index (χ1n) is 10.8. The van der Waals surface area contributed by atoms with Crippen molar-refractivity contribution < 1.29 is 44.1 Å². The SMILES string of the molecule is CCOc1ccc(Cc2c(O[C@]3(O)O[C@H](CO)[C@@H](O)[C@H](O)[C@H]3O)nn(C(C)C)c2C)c(F)c1. The maximum Gasteiger partial charge on any atom is 0.356 e. The Balaban J connectivity index is 1.98. The van der Waals surface area contributed by atoms with Gasteiger partial charge in [-0.05, 0) is 39.3 Å². The second-order valence-electron chi connectivity index (χ2n) is 8.27. The molecule has 3 rings (SSSR count). The summed E-state index contributed by atoms with van der Waals surface area (Å²) in [7, 11) is 0. The number of rotatable bonds is 8. The van der Waals surface area contributed by atoms with Crippen molar-refractivity contribution in [2.24, 2.45) is 0 Å². The molecule has 2 heterocycles. The minimum atomic E-state index is -2.82. The number of halogens is 1. The molecule has 11 heteroatoms. The zero-order valence-electron chi connectivity index (χ0n) is 19.0. The summed E-state index contributed by atoms with van der Waals surface area (Å²) in [6.07, 6.45) is -6.97. The van der Waals surface area contributed by atoms with Crippen LogP contribution in [0, 0.1) is 12.7 Å². The van der Waals surface area contributed by atoms with E-state index in [4.69, 9.17) is 14.2 Å². The van der Waals surface area contributed by atoms with Gasteiger partial charge in [0.25, 0.3) is 0 Å². The average molecular weight is 470 g/mol. The fraction of sp³-hybridized carbons (Fsp3) is 0.591. The van der Waals surface area contributed by atoms with Crippen molar-refractivity contribution in [3.63, 3.8) is 0 Å². The molecule has 1 aromatic carbocycles. The molecule has 5 atom stereocenters. The number of ether oxygens (including phenoxy) is 3. The summed E-state index contributed by atoms with van der Waals surface area (Å²) >= 11 is 0. The Morgan fingerprint density at radius 2 is 1.94 bits per heavy atom. The van der Waals surface area contributed by atoms with E-state index in [1.807, 2.05) is 13.8 Å². The molecular formula is C22H31FN2O8. The quantitative estimate of drug-likeness (QED) is 0.346. The second kappa shape index (κ2) is 9.92. The predicted octanol–water partition coefficient (Wildman–Crippen LogP) is 0.400. The van der Waals surface area contributed by atoms with Crippen molar-refractivity contribution in [2.75, 3.05) is 13.2 Å². The maximum absolute atomic E-state index is 14.7. The molecule has 0 saturated carbocycles. The molecule has 0 aliphatic carbocycles. The van der Waals surface area contributed by atoms with Crippen LogP contribution >= 0.6 is 0 Å². The number of aromatic nitrogens is 2. The molecule has 1 aliphatic heterocycles. The highest BCUT2D eigenvalue weighted by molar-refractivity contribution is 5.39. The van der Waals surface area contributed by atoms with Gasteiger partial charge in [0.2, 0.25) is 5.88 Å². The fourth-order valence-electron chi connectivity index (χ4n) is 3.78. The first-order valence-corrected chi connectivity index (χ1v) is 10.8. The van der Waals surface area contributed by atoms with Crippen LogP contribution < -0.4 is 9.47 Å². The van der Waals surface area contributed by atoms with Crippen LogP contribution in [0.3, 0.4) is 0 Å². The second-order valence-corrected chi connectivity index (χ2v) is 8.27. The van der Waals surface area contributed by atoms with Gasteiger partial charge in [-0.2, -0.15) is 0 Å². The van der Waals surface area contributed by atoms with Crippen LogP contribution in [0.2, 0.25) is 0 Å². The zero-order chi connectivity index (χ0) is 24.5. The first-order chi connectivity index (χ1) is 15.5. The van der Waals surface area contributed by atoms with E-state index in [1.54, 1.807) is 30.7 Å². The van der Waals surface area contributed by atoms with Gasteiger partial charge >= 0.3 is 5.97 Å². The van der Waals surface area contributed by atoms with Crippen LogP contribution in [-0.2, 0) is 11.2 Å². The third kappa shape index (κ3) is 4.98. The standard InChI is InChI=1S/C22H31FN2O8/c1-5-31-14-7-6-13(16(23)9-14)8-15-12(4)25(11(2)3)24-21(15)33-22(30)20(29)19(28)18(27)17(10-26)32-22/h6-7,9,11,17-20,26-30H,5,8,10H2,1-4H3/t17-,18-,19+,20-,22-/m1/s1. The summed E-state index contributed by atoms with van der Waals surface area (Å²) in [5.74, 6) is -3.09. The molecule has 0 bridgehead atoms. The summed E-state index contributed by atoms with van der Waals surface area (Å²) in [6, 6.07) is 4.36. The summed E-state index contributed by atoms with van der Waals surface area (Å²) in [5, 5.41) is 55.0. The van der Waals surface area contributed by atoms with Gasteiger partial charge < -0.3 is 39.7 Å². The van der Waals surface area contributed by atoms with E-state index in [1.165, 1.54) is 6.07 Å². The van der Waals surface area contributed by atoms with E-state index < -0.39 is 42.8 Å². The average Bonchev–Trinajstić information content (AvgIpc) is 3.06. The Bertz CT molecular complexity index is 966. The van der Waals surface area contributed by atoms with Crippen LogP contribution in [0.1, 0.15) is 43.6 Å². The number of aliphatic hydroxyl groups is 5. The molecule has 1 aliphatic rings. The van der Waals surface area contributed by atoms with Gasteiger partial charge in [0.1, 0.15) is 29.9 Å². The lowest BCUT2D eigenvalue weighted by atomic mass is 9.98. The van der Waals surface area contributed by atoms with E-state index >= 15 is 0 Å². The van der Waals surface area contributed by atoms with E-state index in [2.05, 4.69) is 5.10 Å². The maximum atomic E-state index is 14.7. The number of aliphatic hydroxyl groups excluding tert-OH is 4. The molecule has 0 spiro atoms. The number of hydrogen-bond donors (Lipinski definition) is 5. The summed E-state index contributed by atoms with van der Waals surface area (Å²) in [4.78, 5) is 0. The Morgan fingerprint density at radius 1 is 1.24 bits per heavy atom. The number of hydrogen-bond acceptors (Lipinski definition) is 9. The van der Waals surface area contributed by atoms with Crippen molar-refractivity contribution in [2.45, 2.75) is 70.5 Å². The van der Waals surface area contributed by atoms with Crippen molar-refractivity contribution in [1.29, 1.82) is 0 Å². The molecule has 2 aromatic rings. The van der Waals surface area contributed by atoms with E-state index in [0.717, 1.165) is 0 Å². The monoisotopic (exact) mass is 470 g/mol. The fourth-order valence-corrected chi connectivity index (χ4v) is 3.78. The predicted molar refractivity (Wildman–Crippen MR) is 113 cm³/mol. The summed E-state index contributed by atoms with van der Waals surface area (Å²) in [6.45, 7) is 6.93. The van der Waals surface area contributed by atoms with Crippen LogP contribution in [0.25, 0.3) is 0 Å². The van der Waals surface area contributed by atoms with Gasteiger partial charge in [-0.25, -0.2) is 4.39 Å². The van der Waals surface area contributed by atoms with Crippen molar-refractivity contribution in [3.8, 4) is 11.6 Å². The molecule has 0 radical (unpaired) electrons. The van der Waals surface area contributed by atoms with Gasteiger partial charge in [-0.1, -0.05) is 6.07 Å². The minimum Gasteiger partial charge on any atom is -0.494 e. The van der Waals surface area contributed by atoms with Gasteiger partial charge in [-0.15, -0.1) is 5.10 Å². The smallest absolute Gasteiger partial charge is 0.356 e. The van der Waals surface area contributed by atoms with E-state index in [9.17, 15) is 29.9 Å². The third-order valence-corrected chi connectivity index (χ3v) is 5.60. The molecule has 5 N–H and O–H groups in total. The van der Waals surface area contributed by atoms with Crippen molar-refractivity contribution in [1.82, 2.24) is 9.78 Å². The number of nitrogens with zero attached hydrogens (tertiary/aromatic N) is 2. The van der Waals surface area contributed by atoms with E-state index in [0.29, 0.717) is 29.2 Å². The Morgan fingerprint density at radius 3 is 2.52 bits per heavy atom. The van der Waals surface area contributed by atoms with Crippen LogP contribution in [0.4, 0.5) is 4.39 Å². The highest BCUT2D eigenvalue weighted by Gasteiger charge is 2.55. The zero-order valence-corrected chi connectivity index (χ0v) is 19.0. The van der Waals surface area contributed by atoms with Gasteiger partial charge in [0, 0.05) is 29.8 Å². The van der Waals surface area contributed by atoms with Gasteiger partial charge in [-0.3, -0.25) is 4.68 Å². The lowest BCUT2D eigenvalue weighted by Gasteiger charge is -2.43. The van der Waals surface area contributed by atoms with Crippen molar-refractivity contribution in [3.05, 3.63) is 40.8 Å². The third-order valence-electron chi connectivity index (χ3n) is 5.60. The molecule has 1 aromatic heterocycles. The molecule has 10 nitrogen and oxygen atoms in total.